The van der Waals surface area contributed by atoms with E-state index >= 15 is 0 Å². The topological polar surface area (TPSA) is 78.8 Å². The number of nitrogens with zero attached hydrogens (tertiary/aromatic N) is 1. The summed E-state index contributed by atoms with van der Waals surface area (Å²) in [7, 11) is 0. The first kappa shape index (κ1) is 20.4. The summed E-state index contributed by atoms with van der Waals surface area (Å²) >= 11 is 0. The predicted octanol–water partition coefficient (Wildman–Crippen LogP) is 5.14. The van der Waals surface area contributed by atoms with Crippen LogP contribution >= 0.6 is 0 Å². The molecule has 0 fully saturated rings. The van der Waals surface area contributed by atoms with Gasteiger partial charge in [-0.1, -0.05) is 72.8 Å². The third-order valence-corrected chi connectivity index (χ3v) is 5.78. The van der Waals surface area contributed by atoms with Crippen LogP contribution in [0.5, 0.6) is 0 Å². The van der Waals surface area contributed by atoms with E-state index in [1.54, 1.807) is 42.5 Å². The molecule has 4 aromatic rings. The summed E-state index contributed by atoms with van der Waals surface area (Å²) in [6, 6.07) is 29.7. The third-order valence-electron chi connectivity index (χ3n) is 5.78. The Bertz CT molecular complexity index is 1410. The molecule has 2 N–H and O–H groups in total. The van der Waals surface area contributed by atoms with E-state index in [1.807, 2.05) is 36.4 Å². The number of carbonyl (C=O) groups is 2. The molecular weight excluding hydrogens is 412 g/mol. The molecule has 0 saturated heterocycles. The number of benzene rings is 4. The Morgan fingerprint density at radius 2 is 1.36 bits per heavy atom. The third kappa shape index (κ3) is 3.92. The fraction of sp³-hybridized carbons (Fsp3) is 0.0357. The first-order chi connectivity index (χ1) is 16.1. The van der Waals surface area contributed by atoms with E-state index in [0.29, 0.717) is 16.8 Å². The van der Waals surface area contributed by atoms with E-state index in [2.05, 4.69) is 22.7 Å². The zero-order valence-electron chi connectivity index (χ0n) is 17.7. The summed E-state index contributed by atoms with van der Waals surface area (Å²) in [6.07, 6.45) is 0.795. The highest BCUT2D eigenvalue weighted by Gasteiger charge is 2.21. The summed E-state index contributed by atoms with van der Waals surface area (Å²) in [6.45, 7) is 0. The molecular formula is C28H20N2O3. The lowest BCUT2D eigenvalue weighted by Crippen LogP contribution is -2.21. The van der Waals surface area contributed by atoms with Crippen LogP contribution in [0, 0.1) is 0 Å². The summed E-state index contributed by atoms with van der Waals surface area (Å²) in [5.74, 6) is -1.42. The predicted molar refractivity (Wildman–Crippen MR) is 128 cm³/mol. The molecule has 0 spiro atoms. The highest BCUT2D eigenvalue weighted by molar-refractivity contribution is 6.18. The average Bonchev–Trinajstić information content (AvgIpc) is 3.22. The second-order valence-corrected chi connectivity index (χ2v) is 7.82. The van der Waals surface area contributed by atoms with Gasteiger partial charge in [-0.05, 0) is 52.9 Å². The highest BCUT2D eigenvalue weighted by Crippen LogP contribution is 2.37. The van der Waals surface area contributed by atoms with Gasteiger partial charge in [-0.3, -0.25) is 4.79 Å². The molecule has 0 aromatic heterocycles. The lowest BCUT2D eigenvalue weighted by atomic mass is 9.94. The van der Waals surface area contributed by atoms with Gasteiger partial charge in [-0.2, -0.15) is 5.10 Å². The SMILES string of the molecule is O=C(N/N=C(/c1ccc2c(c1)Cc1ccccc1-2)c1ccccc1C(=O)O)c1ccccc1. The van der Waals surface area contributed by atoms with Gasteiger partial charge >= 0.3 is 5.97 Å². The number of carboxylic acid groups (broad SMARTS) is 1. The van der Waals surface area contributed by atoms with Gasteiger partial charge in [0, 0.05) is 16.7 Å². The smallest absolute Gasteiger partial charge is 0.336 e. The number of carbonyl (C=O) groups excluding carboxylic acids is 1. The maximum absolute atomic E-state index is 12.6. The second-order valence-electron chi connectivity index (χ2n) is 7.82. The molecule has 5 rings (SSSR count). The minimum absolute atomic E-state index is 0.119. The first-order valence-corrected chi connectivity index (χ1v) is 10.6. The molecule has 5 nitrogen and oxygen atoms in total. The quantitative estimate of drug-likeness (QED) is 0.298. The van der Waals surface area contributed by atoms with E-state index < -0.39 is 5.97 Å². The van der Waals surface area contributed by atoms with Crippen LogP contribution in [0.1, 0.15) is 43.0 Å². The van der Waals surface area contributed by atoms with E-state index in [4.69, 9.17) is 0 Å². The molecule has 1 amide bonds. The highest BCUT2D eigenvalue weighted by atomic mass is 16.4. The standard InChI is InChI=1S/C28H20N2O3/c31-27(18-8-2-1-3-9-18)30-29-26(24-12-6-7-13-25(24)28(32)33)20-14-15-23-21(17-20)16-19-10-4-5-11-22(19)23/h1-15,17H,16H2,(H,30,31)(H,32,33)/b29-26-. The van der Waals surface area contributed by atoms with Crippen LogP contribution in [-0.4, -0.2) is 22.7 Å². The Morgan fingerprint density at radius 3 is 2.15 bits per heavy atom. The van der Waals surface area contributed by atoms with Crippen molar-refractivity contribution in [1.29, 1.82) is 0 Å². The molecule has 0 unspecified atom stereocenters. The van der Waals surface area contributed by atoms with Crippen LogP contribution in [0.25, 0.3) is 11.1 Å². The number of carboxylic acids is 1. The molecule has 1 aliphatic carbocycles. The Balaban J connectivity index is 1.59. The fourth-order valence-corrected chi connectivity index (χ4v) is 4.21. The number of rotatable bonds is 5. The molecule has 5 heteroatoms. The zero-order chi connectivity index (χ0) is 22.8. The van der Waals surface area contributed by atoms with Gasteiger partial charge in [0.2, 0.25) is 0 Å². The normalized spacial score (nSPS) is 12.1. The summed E-state index contributed by atoms with van der Waals surface area (Å²) in [5, 5.41) is 14.2. The maximum atomic E-state index is 12.6. The van der Waals surface area contributed by atoms with Crippen molar-refractivity contribution in [2.45, 2.75) is 6.42 Å². The monoisotopic (exact) mass is 432 g/mol. The molecule has 1 aliphatic rings. The Labute approximate surface area is 191 Å². The van der Waals surface area contributed by atoms with Crippen LogP contribution in [-0.2, 0) is 6.42 Å². The van der Waals surface area contributed by atoms with Crippen molar-refractivity contribution in [2.24, 2.45) is 5.10 Å². The molecule has 0 aliphatic heterocycles. The Morgan fingerprint density at radius 1 is 0.697 bits per heavy atom. The van der Waals surface area contributed by atoms with Gasteiger partial charge in [-0.25, -0.2) is 10.2 Å². The van der Waals surface area contributed by atoms with Gasteiger partial charge in [-0.15, -0.1) is 0 Å². The maximum Gasteiger partial charge on any atom is 0.336 e. The number of aromatic carboxylic acids is 1. The van der Waals surface area contributed by atoms with Gasteiger partial charge in [0.1, 0.15) is 0 Å². The summed E-state index contributed by atoms with van der Waals surface area (Å²) in [4.78, 5) is 24.5. The number of hydrogen-bond donors (Lipinski definition) is 2. The van der Waals surface area contributed by atoms with Crippen LogP contribution in [0.2, 0.25) is 0 Å². The summed E-state index contributed by atoms with van der Waals surface area (Å²) in [5.41, 5.74) is 9.54. The van der Waals surface area contributed by atoms with Crippen molar-refractivity contribution in [1.82, 2.24) is 5.43 Å². The number of amides is 1. The van der Waals surface area contributed by atoms with Gasteiger partial charge < -0.3 is 5.11 Å². The molecule has 0 heterocycles. The van der Waals surface area contributed by atoms with E-state index in [1.165, 1.54) is 17.2 Å². The lowest BCUT2D eigenvalue weighted by Gasteiger charge is -2.12. The Hall–Kier alpha value is -4.51. The molecule has 160 valence electrons. The number of hydrazone groups is 1. The minimum Gasteiger partial charge on any atom is -0.478 e. The number of fused-ring (bicyclic) bond motifs is 3. The van der Waals surface area contributed by atoms with Crippen LogP contribution < -0.4 is 5.43 Å². The van der Waals surface area contributed by atoms with Crippen molar-refractivity contribution in [3.05, 3.63) is 130 Å². The molecule has 0 radical (unpaired) electrons. The van der Waals surface area contributed by atoms with E-state index in [9.17, 15) is 14.7 Å². The number of hydrogen-bond acceptors (Lipinski definition) is 3. The van der Waals surface area contributed by atoms with Crippen molar-refractivity contribution in [3.63, 3.8) is 0 Å². The van der Waals surface area contributed by atoms with Crippen molar-refractivity contribution < 1.29 is 14.7 Å². The molecule has 4 aromatic carbocycles. The minimum atomic E-state index is -1.05. The summed E-state index contributed by atoms with van der Waals surface area (Å²) < 4.78 is 0. The zero-order valence-corrected chi connectivity index (χ0v) is 17.7. The fourth-order valence-electron chi connectivity index (χ4n) is 4.21. The molecule has 0 bridgehead atoms. The first-order valence-electron chi connectivity index (χ1n) is 10.6. The molecule has 33 heavy (non-hydrogen) atoms. The number of nitrogens with one attached hydrogen (secondary N) is 1. The average molecular weight is 432 g/mol. The van der Waals surface area contributed by atoms with E-state index in [0.717, 1.165) is 23.1 Å². The van der Waals surface area contributed by atoms with Crippen LogP contribution in [0.3, 0.4) is 0 Å². The Kier molecular flexibility index (Phi) is 5.29. The van der Waals surface area contributed by atoms with Gasteiger partial charge in [0.05, 0.1) is 11.3 Å². The molecule has 0 atom stereocenters. The van der Waals surface area contributed by atoms with Crippen LogP contribution in [0.4, 0.5) is 0 Å². The lowest BCUT2D eigenvalue weighted by molar-refractivity contribution is 0.0696. The van der Waals surface area contributed by atoms with Gasteiger partial charge in [0.25, 0.3) is 5.91 Å². The molecule has 0 saturated carbocycles. The van der Waals surface area contributed by atoms with Crippen molar-refractivity contribution in [3.8, 4) is 11.1 Å². The van der Waals surface area contributed by atoms with Crippen molar-refractivity contribution in [2.75, 3.05) is 0 Å². The van der Waals surface area contributed by atoms with Crippen LogP contribution in [0.15, 0.2) is 102 Å². The van der Waals surface area contributed by atoms with Crippen molar-refractivity contribution >= 4 is 17.6 Å². The largest absolute Gasteiger partial charge is 0.478 e. The van der Waals surface area contributed by atoms with E-state index in [-0.39, 0.29) is 11.5 Å². The second kappa shape index (κ2) is 8.55. The van der Waals surface area contributed by atoms with Gasteiger partial charge in [0.15, 0.2) is 0 Å².